The van der Waals surface area contributed by atoms with Crippen LogP contribution < -0.4 is 16.4 Å². The first-order chi connectivity index (χ1) is 11.0. The molecule has 0 fully saturated rings. The van der Waals surface area contributed by atoms with Gasteiger partial charge in [0.2, 0.25) is 0 Å². The Labute approximate surface area is 135 Å². The van der Waals surface area contributed by atoms with E-state index in [1.54, 1.807) is 0 Å². The lowest BCUT2D eigenvalue weighted by atomic mass is 10.0. The van der Waals surface area contributed by atoms with E-state index in [2.05, 4.69) is 24.5 Å². The summed E-state index contributed by atoms with van der Waals surface area (Å²) in [6.07, 6.45) is 0. The van der Waals surface area contributed by atoms with Crippen LogP contribution in [0.2, 0.25) is 0 Å². The van der Waals surface area contributed by atoms with Gasteiger partial charge in [0.1, 0.15) is 6.04 Å². The van der Waals surface area contributed by atoms with Crippen LogP contribution in [0.1, 0.15) is 36.9 Å². The minimum atomic E-state index is -0.868. The first-order valence-electron chi connectivity index (χ1n) is 7.49. The fourth-order valence-corrected chi connectivity index (χ4v) is 2.27. The Morgan fingerprint density at radius 1 is 0.913 bits per heavy atom. The molecule has 2 aromatic rings. The van der Waals surface area contributed by atoms with Crippen LogP contribution in [0.15, 0.2) is 54.6 Å². The van der Waals surface area contributed by atoms with E-state index in [0.29, 0.717) is 5.92 Å². The standard InChI is InChI=1S/C18H21N3O2/c1-12(2)13-8-10-15(11-9-13)20-16(17(22)21-18(19)23)14-6-4-3-5-7-14/h3-12,16,20H,1-2H3,(H3,19,21,22,23)/t16-/m1/s1. The Balaban J connectivity index is 2.23. The maximum atomic E-state index is 12.3. The molecule has 0 spiro atoms. The number of primary amides is 1. The highest BCUT2D eigenvalue weighted by Gasteiger charge is 2.21. The molecule has 1 atom stereocenters. The van der Waals surface area contributed by atoms with Crippen molar-refractivity contribution in [2.45, 2.75) is 25.8 Å². The van der Waals surface area contributed by atoms with E-state index < -0.39 is 18.0 Å². The van der Waals surface area contributed by atoms with Crippen molar-refractivity contribution in [3.63, 3.8) is 0 Å². The van der Waals surface area contributed by atoms with Crippen LogP contribution in [-0.2, 0) is 4.79 Å². The van der Waals surface area contributed by atoms with E-state index in [1.165, 1.54) is 5.56 Å². The lowest BCUT2D eigenvalue weighted by molar-refractivity contribution is -0.120. The zero-order valence-electron chi connectivity index (χ0n) is 13.2. The summed E-state index contributed by atoms with van der Waals surface area (Å²) >= 11 is 0. The van der Waals surface area contributed by atoms with Crippen molar-refractivity contribution in [3.05, 3.63) is 65.7 Å². The van der Waals surface area contributed by atoms with Gasteiger partial charge in [-0.05, 0) is 29.2 Å². The number of carbonyl (C=O) groups is 2. The molecule has 4 N–H and O–H groups in total. The third kappa shape index (κ3) is 4.57. The molecule has 0 bridgehead atoms. The Hall–Kier alpha value is -2.82. The predicted molar refractivity (Wildman–Crippen MR) is 91.1 cm³/mol. The largest absolute Gasteiger partial charge is 0.370 e. The smallest absolute Gasteiger partial charge is 0.318 e. The van der Waals surface area contributed by atoms with Crippen LogP contribution in [-0.4, -0.2) is 11.9 Å². The Bertz CT molecular complexity index is 666. The molecule has 0 radical (unpaired) electrons. The van der Waals surface area contributed by atoms with E-state index in [4.69, 9.17) is 5.73 Å². The normalized spacial score (nSPS) is 11.8. The van der Waals surface area contributed by atoms with Gasteiger partial charge in [-0.15, -0.1) is 0 Å². The SMILES string of the molecule is CC(C)c1ccc(N[C@@H](C(=O)NC(N)=O)c2ccccc2)cc1. The number of anilines is 1. The van der Waals surface area contributed by atoms with Gasteiger partial charge in [0.05, 0.1) is 0 Å². The fourth-order valence-electron chi connectivity index (χ4n) is 2.27. The lowest BCUT2D eigenvalue weighted by Gasteiger charge is -2.19. The summed E-state index contributed by atoms with van der Waals surface area (Å²) in [5.41, 5.74) is 7.82. The van der Waals surface area contributed by atoms with Crippen molar-refractivity contribution in [2.24, 2.45) is 5.73 Å². The lowest BCUT2D eigenvalue weighted by Crippen LogP contribution is -2.40. The van der Waals surface area contributed by atoms with E-state index in [1.807, 2.05) is 54.6 Å². The van der Waals surface area contributed by atoms with E-state index in [-0.39, 0.29) is 0 Å². The zero-order chi connectivity index (χ0) is 16.8. The van der Waals surface area contributed by atoms with Crippen molar-refractivity contribution in [1.29, 1.82) is 0 Å². The number of rotatable bonds is 5. The maximum Gasteiger partial charge on any atom is 0.318 e. The van der Waals surface area contributed by atoms with Gasteiger partial charge in [-0.2, -0.15) is 0 Å². The molecular formula is C18H21N3O2. The third-order valence-corrected chi connectivity index (χ3v) is 3.53. The topological polar surface area (TPSA) is 84.2 Å². The molecule has 0 saturated carbocycles. The number of urea groups is 1. The van der Waals surface area contributed by atoms with Gasteiger partial charge in [0.25, 0.3) is 5.91 Å². The Morgan fingerprint density at radius 2 is 1.52 bits per heavy atom. The van der Waals surface area contributed by atoms with Crippen LogP contribution in [0.5, 0.6) is 0 Å². The molecule has 0 aliphatic heterocycles. The number of nitrogens with one attached hydrogen (secondary N) is 2. The molecule has 23 heavy (non-hydrogen) atoms. The number of benzene rings is 2. The van der Waals surface area contributed by atoms with Crippen LogP contribution in [0.3, 0.4) is 0 Å². The van der Waals surface area contributed by atoms with Crippen LogP contribution in [0.4, 0.5) is 10.5 Å². The summed E-state index contributed by atoms with van der Waals surface area (Å²) in [4.78, 5) is 23.2. The number of nitrogens with two attached hydrogens (primary N) is 1. The van der Waals surface area contributed by atoms with Crippen molar-refractivity contribution in [3.8, 4) is 0 Å². The average Bonchev–Trinajstić information content (AvgIpc) is 2.53. The van der Waals surface area contributed by atoms with E-state index >= 15 is 0 Å². The molecular weight excluding hydrogens is 290 g/mol. The van der Waals surface area contributed by atoms with Gasteiger partial charge in [0.15, 0.2) is 0 Å². The zero-order valence-corrected chi connectivity index (χ0v) is 13.2. The van der Waals surface area contributed by atoms with Crippen LogP contribution >= 0.6 is 0 Å². The molecule has 0 aliphatic rings. The molecule has 2 aromatic carbocycles. The molecule has 5 nitrogen and oxygen atoms in total. The summed E-state index contributed by atoms with van der Waals surface area (Å²) < 4.78 is 0. The molecule has 120 valence electrons. The third-order valence-electron chi connectivity index (χ3n) is 3.53. The average molecular weight is 311 g/mol. The highest BCUT2D eigenvalue weighted by atomic mass is 16.2. The highest BCUT2D eigenvalue weighted by molar-refractivity contribution is 5.98. The quantitative estimate of drug-likeness (QED) is 0.793. The Kier molecular flexibility index (Phi) is 5.36. The molecule has 0 heterocycles. The summed E-state index contributed by atoms with van der Waals surface area (Å²) in [6, 6.07) is 15.5. The maximum absolute atomic E-state index is 12.3. The van der Waals surface area contributed by atoms with Gasteiger partial charge in [0, 0.05) is 5.69 Å². The number of imide groups is 1. The van der Waals surface area contributed by atoms with Crippen LogP contribution in [0, 0.1) is 0 Å². The van der Waals surface area contributed by atoms with Gasteiger partial charge in [-0.25, -0.2) is 4.79 Å². The molecule has 0 saturated heterocycles. The summed E-state index contributed by atoms with van der Waals surface area (Å²) in [6.45, 7) is 4.24. The van der Waals surface area contributed by atoms with Crippen molar-refractivity contribution < 1.29 is 9.59 Å². The van der Waals surface area contributed by atoms with Crippen molar-refractivity contribution in [2.75, 3.05) is 5.32 Å². The molecule has 5 heteroatoms. The molecule has 0 unspecified atom stereocenters. The van der Waals surface area contributed by atoms with Crippen LogP contribution in [0.25, 0.3) is 0 Å². The minimum Gasteiger partial charge on any atom is -0.370 e. The van der Waals surface area contributed by atoms with Gasteiger partial charge in [-0.1, -0.05) is 56.3 Å². The second-order valence-corrected chi connectivity index (χ2v) is 5.62. The van der Waals surface area contributed by atoms with E-state index in [0.717, 1.165) is 11.3 Å². The number of amides is 3. The molecule has 2 rings (SSSR count). The summed E-state index contributed by atoms with van der Waals surface area (Å²) in [5.74, 6) is -0.0521. The molecule has 3 amide bonds. The summed E-state index contributed by atoms with van der Waals surface area (Å²) in [5, 5.41) is 5.28. The minimum absolute atomic E-state index is 0.437. The van der Waals surface area contributed by atoms with Crippen molar-refractivity contribution in [1.82, 2.24) is 5.32 Å². The van der Waals surface area contributed by atoms with Gasteiger partial charge >= 0.3 is 6.03 Å². The predicted octanol–water partition coefficient (Wildman–Crippen LogP) is 3.16. The number of hydrogen-bond acceptors (Lipinski definition) is 3. The summed E-state index contributed by atoms with van der Waals surface area (Å²) in [7, 11) is 0. The fraction of sp³-hybridized carbons (Fsp3) is 0.222. The monoisotopic (exact) mass is 311 g/mol. The first kappa shape index (κ1) is 16.5. The van der Waals surface area contributed by atoms with E-state index in [9.17, 15) is 9.59 Å². The van der Waals surface area contributed by atoms with Gasteiger partial charge < -0.3 is 11.1 Å². The first-order valence-corrected chi connectivity index (χ1v) is 7.49. The second-order valence-electron chi connectivity index (χ2n) is 5.62. The number of hydrogen-bond donors (Lipinski definition) is 3. The highest BCUT2D eigenvalue weighted by Crippen LogP contribution is 2.22. The number of carbonyl (C=O) groups excluding carboxylic acids is 2. The Morgan fingerprint density at radius 3 is 2.04 bits per heavy atom. The molecule has 0 aromatic heterocycles. The molecule has 0 aliphatic carbocycles. The second kappa shape index (κ2) is 7.45. The van der Waals surface area contributed by atoms with Gasteiger partial charge in [-0.3, -0.25) is 10.1 Å². The van der Waals surface area contributed by atoms with Crippen molar-refractivity contribution >= 4 is 17.6 Å².